The molecular weight excluding hydrogens is 276 g/mol. The second-order valence-corrected chi connectivity index (χ2v) is 4.24. The number of nitro groups is 1. The molecule has 0 aliphatic carbocycles. The zero-order chi connectivity index (χ0) is 15.4. The van der Waals surface area contributed by atoms with Crippen molar-refractivity contribution >= 4 is 17.3 Å². The van der Waals surface area contributed by atoms with Crippen molar-refractivity contribution in [3.05, 3.63) is 57.7 Å². The van der Waals surface area contributed by atoms with Crippen LogP contribution in [0.5, 0.6) is 0 Å². The number of aryl methyl sites for hydroxylation is 1. The van der Waals surface area contributed by atoms with Crippen LogP contribution in [0.15, 0.2) is 30.5 Å². The van der Waals surface area contributed by atoms with Gasteiger partial charge in [0.05, 0.1) is 28.4 Å². The number of carboxylic acids is 1. The first kappa shape index (κ1) is 14.4. The molecule has 0 spiro atoms. The van der Waals surface area contributed by atoms with Gasteiger partial charge in [-0.25, -0.2) is 14.8 Å². The Bertz CT molecular complexity index is 702. The third-order valence-electron chi connectivity index (χ3n) is 2.74. The van der Waals surface area contributed by atoms with Crippen molar-refractivity contribution in [3.63, 3.8) is 0 Å². The van der Waals surface area contributed by atoms with Gasteiger partial charge in [0, 0.05) is 18.3 Å². The maximum Gasteiger partial charge on any atom is 0.337 e. The fourth-order valence-corrected chi connectivity index (χ4v) is 1.77. The fraction of sp³-hybridized carbons (Fsp3) is 0.154. The van der Waals surface area contributed by atoms with E-state index in [0.29, 0.717) is 11.5 Å². The summed E-state index contributed by atoms with van der Waals surface area (Å²) in [7, 11) is 0. The van der Waals surface area contributed by atoms with E-state index >= 15 is 0 Å². The van der Waals surface area contributed by atoms with Gasteiger partial charge in [-0.1, -0.05) is 0 Å². The van der Waals surface area contributed by atoms with Crippen molar-refractivity contribution in [1.29, 1.82) is 0 Å². The van der Waals surface area contributed by atoms with E-state index in [-0.39, 0.29) is 23.5 Å². The molecule has 0 aliphatic rings. The van der Waals surface area contributed by atoms with Gasteiger partial charge in [-0.05, 0) is 19.1 Å². The van der Waals surface area contributed by atoms with Crippen LogP contribution in [0.1, 0.15) is 21.9 Å². The molecule has 8 heteroatoms. The zero-order valence-corrected chi connectivity index (χ0v) is 11.1. The van der Waals surface area contributed by atoms with Crippen LogP contribution >= 0.6 is 0 Å². The summed E-state index contributed by atoms with van der Waals surface area (Å²) in [5.41, 5.74) is 0.617. The summed E-state index contributed by atoms with van der Waals surface area (Å²) in [4.78, 5) is 29.4. The molecule has 0 atom stereocenters. The van der Waals surface area contributed by atoms with Crippen LogP contribution in [0.4, 0.5) is 11.4 Å². The molecule has 1 heterocycles. The molecule has 2 aromatic rings. The van der Waals surface area contributed by atoms with Crippen LogP contribution in [0.25, 0.3) is 0 Å². The molecule has 2 N–H and O–H groups in total. The number of benzene rings is 1. The second kappa shape index (κ2) is 5.95. The summed E-state index contributed by atoms with van der Waals surface area (Å²) >= 11 is 0. The number of rotatable bonds is 5. The summed E-state index contributed by atoms with van der Waals surface area (Å²) in [5.74, 6) is -0.571. The molecule has 21 heavy (non-hydrogen) atoms. The SMILES string of the molecule is Cc1nccc(CNc2cc([N+](=O)[O-])ccc2C(=O)O)n1. The summed E-state index contributed by atoms with van der Waals surface area (Å²) in [6.45, 7) is 1.98. The number of hydrogen-bond donors (Lipinski definition) is 2. The van der Waals surface area contributed by atoms with E-state index in [1.807, 2.05) is 0 Å². The Morgan fingerprint density at radius 2 is 2.19 bits per heavy atom. The average molecular weight is 288 g/mol. The predicted molar refractivity (Wildman–Crippen MR) is 74.2 cm³/mol. The molecule has 0 unspecified atom stereocenters. The summed E-state index contributed by atoms with van der Waals surface area (Å²) < 4.78 is 0. The van der Waals surface area contributed by atoms with Crippen molar-refractivity contribution < 1.29 is 14.8 Å². The van der Waals surface area contributed by atoms with Gasteiger partial charge >= 0.3 is 5.97 Å². The lowest BCUT2D eigenvalue weighted by molar-refractivity contribution is -0.384. The van der Waals surface area contributed by atoms with Gasteiger partial charge in [0.15, 0.2) is 0 Å². The first-order valence-electron chi connectivity index (χ1n) is 6.01. The molecule has 1 aromatic heterocycles. The van der Waals surface area contributed by atoms with Gasteiger partial charge < -0.3 is 10.4 Å². The van der Waals surface area contributed by atoms with Crippen LogP contribution in [-0.2, 0) is 6.54 Å². The van der Waals surface area contributed by atoms with Crippen LogP contribution < -0.4 is 5.32 Å². The Kier molecular flexibility index (Phi) is 4.07. The van der Waals surface area contributed by atoms with E-state index < -0.39 is 10.9 Å². The first-order valence-corrected chi connectivity index (χ1v) is 6.01. The van der Waals surface area contributed by atoms with Crippen LogP contribution in [0.2, 0.25) is 0 Å². The van der Waals surface area contributed by atoms with Gasteiger partial charge in [-0.3, -0.25) is 10.1 Å². The Labute approximate surface area is 119 Å². The number of hydrogen-bond acceptors (Lipinski definition) is 6. The highest BCUT2D eigenvalue weighted by atomic mass is 16.6. The minimum Gasteiger partial charge on any atom is -0.478 e. The quantitative estimate of drug-likeness (QED) is 0.638. The number of nitrogens with zero attached hydrogens (tertiary/aromatic N) is 3. The van der Waals surface area contributed by atoms with Crippen molar-refractivity contribution in [2.24, 2.45) is 0 Å². The highest BCUT2D eigenvalue weighted by Crippen LogP contribution is 2.23. The van der Waals surface area contributed by atoms with E-state index in [4.69, 9.17) is 5.11 Å². The number of nitrogens with one attached hydrogen (secondary N) is 1. The average Bonchev–Trinajstić information content (AvgIpc) is 2.44. The maximum atomic E-state index is 11.1. The molecule has 2 rings (SSSR count). The van der Waals surface area contributed by atoms with Gasteiger partial charge in [0.1, 0.15) is 5.82 Å². The smallest absolute Gasteiger partial charge is 0.337 e. The minimum atomic E-state index is -1.16. The van der Waals surface area contributed by atoms with E-state index in [1.165, 1.54) is 12.1 Å². The highest BCUT2D eigenvalue weighted by Gasteiger charge is 2.15. The number of carbonyl (C=O) groups is 1. The van der Waals surface area contributed by atoms with Gasteiger partial charge in [0.25, 0.3) is 5.69 Å². The van der Waals surface area contributed by atoms with E-state index in [1.54, 1.807) is 19.2 Å². The van der Waals surface area contributed by atoms with Crippen LogP contribution in [0.3, 0.4) is 0 Å². The van der Waals surface area contributed by atoms with Crippen LogP contribution in [-0.4, -0.2) is 26.0 Å². The third-order valence-corrected chi connectivity index (χ3v) is 2.74. The number of nitro benzene ring substituents is 1. The lowest BCUT2D eigenvalue weighted by Crippen LogP contribution is -2.08. The van der Waals surface area contributed by atoms with Crippen molar-refractivity contribution in [2.45, 2.75) is 13.5 Å². The highest BCUT2D eigenvalue weighted by molar-refractivity contribution is 5.94. The Hall–Kier alpha value is -3.03. The van der Waals surface area contributed by atoms with E-state index in [0.717, 1.165) is 6.07 Å². The van der Waals surface area contributed by atoms with Gasteiger partial charge in [-0.15, -0.1) is 0 Å². The molecular formula is C13H12N4O4. The maximum absolute atomic E-state index is 11.1. The Morgan fingerprint density at radius 3 is 2.81 bits per heavy atom. The van der Waals surface area contributed by atoms with Crippen molar-refractivity contribution in [3.8, 4) is 0 Å². The Balaban J connectivity index is 2.26. The molecule has 0 aliphatic heterocycles. The molecule has 0 radical (unpaired) electrons. The van der Waals surface area contributed by atoms with Crippen molar-refractivity contribution in [1.82, 2.24) is 9.97 Å². The Morgan fingerprint density at radius 1 is 1.43 bits per heavy atom. The van der Waals surface area contributed by atoms with Gasteiger partial charge in [0.2, 0.25) is 0 Å². The fourth-order valence-electron chi connectivity index (χ4n) is 1.77. The first-order chi connectivity index (χ1) is 9.97. The largest absolute Gasteiger partial charge is 0.478 e. The molecule has 0 bridgehead atoms. The molecule has 1 aromatic carbocycles. The number of non-ortho nitro benzene ring substituents is 1. The topological polar surface area (TPSA) is 118 Å². The van der Waals surface area contributed by atoms with Crippen molar-refractivity contribution in [2.75, 3.05) is 5.32 Å². The predicted octanol–water partition coefficient (Wildman–Crippen LogP) is 2.00. The summed E-state index contributed by atoms with van der Waals surface area (Å²) in [6.07, 6.45) is 1.59. The summed E-state index contributed by atoms with van der Waals surface area (Å²) in [6, 6.07) is 5.23. The zero-order valence-electron chi connectivity index (χ0n) is 11.1. The summed E-state index contributed by atoms with van der Waals surface area (Å²) in [5, 5.41) is 22.7. The van der Waals surface area contributed by atoms with E-state index in [9.17, 15) is 14.9 Å². The molecule has 8 nitrogen and oxygen atoms in total. The minimum absolute atomic E-state index is 0.0358. The standard InChI is InChI=1S/C13H12N4O4/c1-8-14-5-4-9(16-8)7-15-12-6-10(17(20)21)2-3-11(12)13(18)19/h2-6,15H,7H2,1H3,(H,18,19). The number of aromatic nitrogens is 2. The lowest BCUT2D eigenvalue weighted by atomic mass is 10.1. The second-order valence-electron chi connectivity index (χ2n) is 4.24. The monoisotopic (exact) mass is 288 g/mol. The molecule has 0 saturated heterocycles. The molecule has 0 amide bonds. The molecule has 108 valence electrons. The number of carboxylic acid groups (broad SMARTS) is 1. The number of aromatic carboxylic acids is 1. The third kappa shape index (κ3) is 3.50. The number of anilines is 1. The van der Waals surface area contributed by atoms with E-state index in [2.05, 4.69) is 15.3 Å². The molecule has 0 saturated carbocycles. The van der Waals surface area contributed by atoms with Crippen LogP contribution in [0, 0.1) is 17.0 Å². The lowest BCUT2D eigenvalue weighted by Gasteiger charge is -2.09. The molecule has 0 fully saturated rings. The van der Waals surface area contributed by atoms with Gasteiger partial charge in [-0.2, -0.15) is 0 Å². The normalized spacial score (nSPS) is 10.1.